The average molecular weight is 262 g/mol. The lowest BCUT2D eigenvalue weighted by molar-refractivity contribution is -0.127. The minimum atomic E-state index is -0.435. The highest BCUT2D eigenvalue weighted by Gasteiger charge is 2.38. The fourth-order valence-corrected chi connectivity index (χ4v) is 2.93. The van der Waals surface area contributed by atoms with E-state index < -0.39 is 6.04 Å². The number of piperazine rings is 1. The third kappa shape index (κ3) is 2.38. The van der Waals surface area contributed by atoms with Crippen LogP contribution in [0.25, 0.3) is 0 Å². The van der Waals surface area contributed by atoms with E-state index in [0.29, 0.717) is 0 Å². The first kappa shape index (κ1) is 14.0. The monoisotopic (exact) mass is 262 g/mol. The van der Waals surface area contributed by atoms with Gasteiger partial charge in [0.15, 0.2) is 0 Å². The summed E-state index contributed by atoms with van der Waals surface area (Å²) in [6.07, 6.45) is 0. The van der Waals surface area contributed by atoms with E-state index in [2.05, 4.69) is 0 Å². The number of aliphatic hydroxyl groups is 1. The van der Waals surface area contributed by atoms with E-state index in [4.69, 9.17) is 0 Å². The molecule has 1 aromatic carbocycles. The van der Waals surface area contributed by atoms with Crippen LogP contribution in [0.4, 0.5) is 5.69 Å². The highest BCUT2D eigenvalue weighted by atomic mass is 16.3. The van der Waals surface area contributed by atoms with Gasteiger partial charge in [-0.25, -0.2) is 0 Å². The molecule has 1 amide bonds. The van der Waals surface area contributed by atoms with Gasteiger partial charge in [-0.2, -0.15) is 0 Å². The molecule has 0 saturated carbocycles. The van der Waals surface area contributed by atoms with Crippen LogP contribution in [-0.4, -0.2) is 48.2 Å². The van der Waals surface area contributed by atoms with Gasteiger partial charge in [-0.3, -0.25) is 9.69 Å². The quantitative estimate of drug-likeness (QED) is 0.874. The van der Waals surface area contributed by atoms with Crippen molar-refractivity contribution >= 4 is 11.6 Å². The summed E-state index contributed by atoms with van der Waals surface area (Å²) >= 11 is 0. The molecular weight excluding hydrogens is 240 g/mol. The molecule has 2 atom stereocenters. The van der Waals surface area contributed by atoms with Crippen LogP contribution in [0, 0.1) is 13.8 Å². The van der Waals surface area contributed by atoms with Gasteiger partial charge in [-0.05, 0) is 38.9 Å². The van der Waals surface area contributed by atoms with Crippen molar-refractivity contribution < 1.29 is 9.90 Å². The van der Waals surface area contributed by atoms with E-state index in [1.807, 2.05) is 55.8 Å². The van der Waals surface area contributed by atoms with Crippen molar-refractivity contribution in [2.45, 2.75) is 32.9 Å². The summed E-state index contributed by atoms with van der Waals surface area (Å²) in [4.78, 5) is 16.4. The Morgan fingerprint density at radius 3 is 2.42 bits per heavy atom. The van der Waals surface area contributed by atoms with Crippen LogP contribution in [0.5, 0.6) is 0 Å². The molecule has 1 aliphatic rings. The normalized spacial score (nSPS) is 24.9. The third-order valence-corrected chi connectivity index (χ3v) is 3.90. The van der Waals surface area contributed by atoms with Gasteiger partial charge in [0.25, 0.3) is 0 Å². The van der Waals surface area contributed by atoms with Crippen molar-refractivity contribution in [2.24, 2.45) is 0 Å². The molecule has 4 heteroatoms. The van der Waals surface area contributed by atoms with E-state index in [1.54, 1.807) is 0 Å². The molecule has 1 fully saturated rings. The Morgan fingerprint density at radius 1 is 1.32 bits per heavy atom. The number of likely N-dealkylation sites (N-methyl/N-ethyl adjacent to an activating group) is 1. The largest absolute Gasteiger partial charge is 0.394 e. The lowest BCUT2D eigenvalue weighted by Crippen LogP contribution is -2.61. The molecular formula is C15H22N2O2. The molecule has 1 aliphatic heterocycles. The maximum atomic E-state index is 12.6. The number of hydrogen-bond donors (Lipinski definition) is 1. The lowest BCUT2D eigenvalue weighted by atomic mass is 10.0. The first-order valence-corrected chi connectivity index (χ1v) is 6.67. The van der Waals surface area contributed by atoms with Gasteiger partial charge in [0, 0.05) is 18.3 Å². The Kier molecular flexibility index (Phi) is 3.92. The van der Waals surface area contributed by atoms with Crippen molar-refractivity contribution in [3.05, 3.63) is 29.3 Å². The van der Waals surface area contributed by atoms with Gasteiger partial charge in [-0.1, -0.05) is 18.2 Å². The van der Waals surface area contributed by atoms with E-state index >= 15 is 0 Å². The number of amides is 1. The maximum Gasteiger partial charge on any atom is 0.247 e. The molecule has 19 heavy (non-hydrogen) atoms. The molecule has 2 unspecified atom stereocenters. The second-order valence-corrected chi connectivity index (χ2v) is 5.44. The smallest absolute Gasteiger partial charge is 0.247 e. The van der Waals surface area contributed by atoms with Gasteiger partial charge in [-0.15, -0.1) is 0 Å². The summed E-state index contributed by atoms with van der Waals surface area (Å²) < 4.78 is 0. The highest BCUT2D eigenvalue weighted by molar-refractivity contribution is 5.99. The Balaban J connectivity index is 2.45. The van der Waals surface area contributed by atoms with Crippen molar-refractivity contribution in [1.82, 2.24) is 4.90 Å². The van der Waals surface area contributed by atoms with Crippen molar-refractivity contribution in [2.75, 3.05) is 25.1 Å². The Labute approximate surface area is 114 Å². The summed E-state index contributed by atoms with van der Waals surface area (Å²) in [7, 11) is 1.89. The van der Waals surface area contributed by atoms with Gasteiger partial charge in [0.1, 0.15) is 6.04 Å². The molecule has 0 spiro atoms. The molecule has 0 aliphatic carbocycles. The average Bonchev–Trinajstić information content (AvgIpc) is 2.33. The van der Waals surface area contributed by atoms with Crippen LogP contribution in [0.15, 0.2) is 18.2 Å². The molecule has 0 aromatic heterocycles. The highest BCUT2D eigenvalue weighted by Crippen LogP contribution is 2.29. The van der Waals surface area contributed by atoms with Gasteiger partial charge in [0.05, 0.1) is 6.61 Å². The number of carbonyl (C=O) groups is 1. The molecule has 1 saturated heterocycles. The Bertz CT molecular complexity index is 467. The zero-order valence-electron chi connectivity index (χ0n) is 12.1. The van der Waals surface area contributed by atoms with Gasteiger partial charge < -0.3 is 10.0 Å². The molecule has 0 radical (unpaired) electrons. The Hall–Kier alpha value is -1.39. The maximum absolute atomic E-state index is 12.6. The van der Waals surface area contributed by atoms with Crippen LogP contribution in [0.3, 0.4) is 0 Å². The lowest BCUT2D eigenvalue weighted by Gasteiger charge is -2.43. The number of rotatable bonds is 2. The van der Waals surface area contributed by atoms with Gasteiger partial charge in [0.2, 0.25) is 5.91 Å². The van der Waals surface area contributed by atoms with E-state index in [1.165, 1.54) is 0 Å². The first-order valence-electron chi connectivity index (χ1n) is 6.67. The van der Waals surface area contributed by atoms with Crippen LogP contribution < -0.4 is 4.90 Å². The number of benzene rings is 1. The van der Waals surface area contributed by atoms with Crippen molar-refractivity contribution in [3.8, 4) is 0 Å². The van der Waals surface area contributed by atoms with Crippen molar-refractivity contribution in [3.63, 3.8) is 0 Å². The van der Waals surface area contributed by atoms with Crippen molar-refractivity contribution in [1.29, 1.82) is 0 Å². The second kappa shape index (κ2) is 5.31. The first-order chi connectivity index (χ1) is 8.97. The number of nitrogens with zero attached hydrogens (tertiary/aromatic N) is 2. The van der Waals surface area contributed by atoms with Crippen LogP contribution in [-0.2, 0) is 4.79 Å². The molecule has 2 rings (SSSR count). The van der Waals surface area contributed by atoms with E-state index in [-0.39, 0.29) is 18.6 Å². The standard InChI is InChI=1S/C15H22N2O2/c1-10-6-5-7-11(2)14(10)17-12(3)8-16(4)13(9-18)15(17)19/h5-7,12-13,18H,8-9H2,1-4H3. The summed E-state index contributed by atoms with van der Waals surface area (Å²) in [5.74, 6) is -0.0128. The SMILES string of the molecule is Cc1cccc(C)c1N1C(=O)C(CO)N(C)CC1C. The number of aliphatic hydroxyl groups excluding tert-OH is 1. The predicted octanol–water partition coefficient (Wildman–Crippen LogP) is 1.33. The van der Waals surface area contributed by atoms with Crippen LogP contribution in [0.1, 0.15) is 18.1 Å². The molecule has 1 aromatic rings. The molecule has 1 N–H and O–H groups in total. The Morgan fingerprint density at radius 2 is 1.89 bits per heavy atom. The van der Waals surface area contributed by atoms with E-state index in [9.17, 15) is 9.90 Å². The number of carbonyl (C=O) groups excluding carboxylic acids is 1. The summed E-state index contributed by atoms with van der Waals surface area (Å²) in [6, 6.07) is 5.72. The van der Waals surface area contributed by atoms with Crippen LogP contribution in [0.2, 0.25) is 0 Å². The summed E-state index contributed by atoms with van der Waals surface area (Å²) in [5, 5.41) is 9.43. The van der Waals surface area contributed by atoms with Crippen LogP contribution >= 0.6 is 0 Å². The number of anilines is 1. The topological polar surface area (TPSA) is 43.8 Å². The van der Waals surface area contributed by atoms with Gasteiger partial charge >= 0.3 is 0 Å². The minimum absolute atomic E-state index is 0.0128. The molecule has 4 nitrogen and oxygen atoms in total. The molecule has 0 bridgehead atoms. The summed E-state index contributed by atoms with van der Waals surface area (Å²) in [6.45, 7) is 6.73. The fraction of sp³-hybridized carbons (Fsp3) is 0.533. The number of hydrogen-bond acceptors (Lipinski definition) is 3. The zero-order chi connectivity index (χ0) is 14.2. The number of para-hydroxylation sites is 1. The zero-order valence-corrected chi connectivity index (χ0v) is 12.1. The second-order valence-electron chi connectivity index (χ2n) is 5.44. The summed E-state index contributed by atoms with van der Waals surface area (Å²) in [5.41, 5.74) is 3.19. The minimum Gasteiger partial charge on any atom is -0.394 e. The van der Waals surface area contributed by atoms with E-state index in [0.717, 1.165) is 23.4 Å². The number of aryl methyl sites for hydroxylation is 2. The fourth-order valence-electron chi connectivity index (χ4n) is 2.93. The molecule has 104 valence electrons. The predicted molar refractivity (Wildman–Crippen MR) is 76.4 cm³/mol. The molecule has 1 heterocycles. The third-order valence-electron chi connectivity index (χ3n) is 3.90.